The molecule has 1 heterocycles. The Morgan fingerprint density at radius 1 is 1.30 bits per heavy atom. The molecule has 1 aliphatic heterocycles. The highest BCUT2D eigenvalue weighted by atomic mass is 35.5. The Bertz CT molecular complexity index is 534. The van der Waals surface area contributed by atoms with Crippen molar-refractivity contribution < 1.29 is 9.59 Å². The number of hydrogen-bond donors (Lipinski definition) is 1. The molecule has 4 nitrogen and oxygen atoms in total. The Morgan fingerprint density at radius 2 is 2.05 bits per heavy atom. The minimum atomic E-state index is -0.407. The Morgan fingerprint density at radius 3 is 2.70 bits per heavy atom. The molecule has 1 atom stereocenters. The van der Waals surface area contributed by atoms with Gasteiger partial charge in [0.05, 0.1) is 16.6 Å². The molecule has 0 aliphatic carbocycles. The van der Waals surface area contributed by atoms with Gasteiger partial charge in [0.25, 0.3) is 0 Å². The van der Waals surface area contributed by atoms with Crippen LogP contribution >= 0.6 is 23.2 Å². The van der Waals surface area contributed by atoms with Crippen LogP contribution in [0.1, 0.15) is 25.3 Å². The summed E-state index contributed by atoms with van der Waals surface area (Å²) in [6, 6.07) is 4.84. The number of carbonyl (C=O) groups is 2. The molecule has 0 bridgehead atoms. The number of nitrogens with zero attached hydrogens (tertiary/aromatic N) is 1. The molecular weight excluding hydrogens is 299 g/mol. The fraction of sp³-hybridized carbons (Fsp3) is 0.429. The highest BCUT2D eigenvalue weighted by Gasteiger charge is 2.33. The fourth-order valence-electron chi connectivity index (χ4n) is 2.29. The minimum absolute atomic E-state index is 0.0559. The number of hydrogen-bond acceptors (Lipinski definition) is 2. The number of carbonyl (C=O) groups excluding carboxylic acids is 2. The number of piperazine rings is 1. The average Bonchev–Trinajstić information content (AvgIpc) is 2.42. The number of nitrogens with one attached hydrogen (secondary N) is 1. The Hall–Kier alpha value is -1.26. The highest BCUT2D eigenvalue weighted by Crippen LogP contribution is 2.24. The van der Waals surface area contributed by atoms with Gasteiger partial charge in [-0.1, -0.05) is 42.6 Å². The van der Waals surface area contributed by atoms with E-state index in [4.69, 9.17) is 23.2 Å². The van der Waals surface area contributed by atoms with E-state index < -0.39 is 6.04 Å². The van der Waals surface area contributed by atoms with E-state index in [-0.39, 0.29) is 18.4 Å². The van der Waals surface area contributed by atoms with Crippen molar-refractivity contribution >= 4 is 35.0 Å². The lowest BCUT2D eigenvalue weighted by Gasteiger charge is -2.35. The van der Waals surface area contributed by atoms with Gasteiger partial charge in [-0.3, -0.25) is 9.59 Å². The van der Waals surface area contributed by atoms with Crippen LogP contribution in [0.3, 0.4) is 0 Å². The monoisotopic (exact) mass is 314 g/mol. The van der Waals surface area contributed by atoms with Gasteiger partial charge in [0, 0.05) is 6.54 Å². The van der Waals surface area contributed by atoms with E-state index in [1.54, 1.807) is 17.0 Å². The number of benzene rings is 1. The molecule has 2 amide bonds. The molecule has 1 saturated heterocycles. The largest absolute Gasteiger partial charge is 0.345 e. The SMILES string of the molecule is CCCC1C(=O)NCC(=O)N1Cc1ccc(Cl)c(Cl)c1. The van der Waals surface area contributed by atoms with Crippen LogP contribution in [0, 0.1) is 0 Å². The van der Waals surface area contributed by atoms with Crippen molar-refractivity contribution in [2.24, 2.45) is 0 Å². The van der Waals surface area contributed by atoms with Gasteiger partial charge in [-0.25, -0.2) is 0 Å². The second-order valence-corrected chi connectivity index (χ2v) is 5.61. The van der Waals surface area contributed by atoms with Crippen LogP contribution < -0.4 is 5.32 Å². The van der Waals surface area contributed by atoms with Crippen molar-refractivity contribution in [2.75, 3.05) is 6.54 Å². The maximum atomic E-state index is 12.0. The van der Waals surface area contributed by atoms with Crippen LogP contribution in [0.4, 0.5) is 0 Å². The summed E-state index contributed by atoms with van der Waals surface area (Å²) in [6.45, 7) is 2.41. The molecular formula is C14H16Cl2N2O2. The molecule has 0 saturated carbocycles. The van der Waals surface area contributed by atoms with E-state index >= 15 is 0 Å². The molecule has 1 aromatic rings. The highest BCUT2D eigenvalue weighted by molar-refractivity contribution is 6.42. The van der Waals surface area contributed by atoms with Crippen molar-refractivity contribution in [1.29, 1.82) is 0 Å². The molecule has 2 rings (SSSR count). The summed E-state index contributed by atoms with van der Waals surface area (Å²) in [6.07, 6.45) is 1.49. The second-order valence-electron chi connectivity index (χ2n) is 4.79. The van der Waals surface area contributed by atoms with Crippen molar-refractivity contribution in [3.63, 3.8) is 0 Å². The van der Waals surface area contributed by atoms with E-state index in [0.29, 0.717) is 23.0 Å². The third-order valence-electron chi connectivity index (χ3n) is 3.31. The first-order chi connectivity index (χ1) is 9.52. The van der Waals surface area contributed by atoms with Crippen LogP contribution in [0.15, 0.2) is 18.2 Å². The first-order valence-corrected chi connectivity index (χ1v) is 7.29. The summed E-state index contributed by atoms with van der Waals surface area (Å²) in [5, 5.41) is 3.55. The lowest BCUT2D eigenvalue weighted by Crippen LogP contribution is -2.57. The Kier molecular flexibility index (Phi) is 4.89. The molecule has 0 radical (unpaired) electrons. The first-order valence-electron chi connectivity index (χ1n) is 6.54. The van der Waals surface area contributed by atoms with Crippen molar-refractivity contribution in [2.45, 2.75) is 32.4 Å². The van der Waals surface area contributed by atoms with Crippen LogP contribution in [0.2, 0.25) is 10.0 Å². The van der Waals surface area contributed by atoms with Crippen LogP contribution in [-0.2, 0) is 16.1 Å². The van der Waals surface area contributed by atoms with Gasteiger partial charge in [-0.15, -0.1) is 0 Å². The van der Waals surface area contributed by atoms with Crippen LogP contribution in [0.5, 0.6) is 0 Å². The molecule has 20 heavy (non-hydrogen) atoms. The van der Waals surface area contributed by atoms with Gasteiger partial charge in [0.1, 0.15) is 6.04 Å². The smallest absolute Gasteiger partial charge is 0.243 e. The fourth-order valence-corrected chi connectivity index (χ4v) is 2.61. The van der Waals surface area contributed by atoms with Gasteiger partial charge >= 0.3 is 0 Å². The summed E-state index contributed by atoms with van der Waals surface area (Å²) in [5.41, 5.74) is 0.864. The van der Waals surface area contributed by atoms with Gasteiger partial charge in [0.2, 0.25) is 11.8 Å². The normalized spacial score (nSPS) is 19.1. The molecule has 6 heteroatoms. The summed E-state index contributed by atoms with van der Waals surface area (Å²) in [7, 11) is 0. The van der Waals surface area contributed by atoms with E-state index in [9.17, 15) is 9.59 Å². The van der Waals surface area contributed by atoms with E-state index in [1.807, 2.05) is 13.0 Å². The van der Waals surface area contributed by atoms with Gasteiger partial charge in [-0.2, -0.15) is 0 Å². The standard InChI is InChI=1S/C14H16Cl2N2O2/c1-2-3-12-14(20)17-7-13(19)18(12)8-9-4-5-10(15)11(16)6-9/h4-6,12H,2-3,7-8H2,1H3,(H,17,20). The quantitative estimate of drug-likeness (QED) is 0.928. The van der Waals surface area contributed by atoms with E-state index in [1.165, 1.54) is 0 Å². The molecule has 1 aromatic carbocycles. The second kappa shape index (κ2) is 6.46. The van der Waals surface area contributed by atoms with Crippen LogP contribution in [-0.4, -0.2) is 29.3 Å². The Labute approximate surface area is 128 Å². The zero-order valence-electron chi connectivity index (χ0n) is 11.2. The number of halogens is 2. The van der Waals surface area contributed by atoms with Crippen molar-refractivity contribution in [3.05, 3.63) is 33.8 Å². The topological polar surface area (TPSA) is 49.4 Å². The van der Waals surface area contributed by atoms with Gasteiger partial charge in [-0.05, 0) is 24.1 Å². The van der Waals surface area contributed by atoms with Crippen molar-refractivity contribution in [1.82, 2.24) is 10.2 Å². The van der Waals surface area contributed by atoms with Crippen molar-refractivity contribution in [3.8, 4) is 0 Å². The average molecular weight is 315 g/mol. The first kappa shape index (κ1) is 15.1. The molecule has 1 aliphatic rings. The summed E-state index contributed by atoms with van der Waals surface area (Å²) < 4.78 is 0. The predicted octanol–water partition coefficient (Wildman–Crippen LogP) is 2.62. The van der Waals surface area contributed by atoms with E-state index in [0.717, 1.165) is 12.0 Å². The minimum Gasteiger partial charge on any atom is -0.345 e. The zero-order chi connectivity index (χ0) is 14.7. The lowest BCUT2D eigenvalue weighted by atomic mass is 10.1. The molecule has 1 unspecified atom stereocenters. The van der Waals surface area contributed by atoms with E-state index in [2.05, 4.69) is 5.32 Å². The molecule has 1 N–H and O–H groups in total. The number of rotatable bonds is 4. The predicted molar refractivity (Wildman–Crippen MR) is 78.7 cm³/mol. The number of amides is 2. The lowest BCUT2D eigenvalue weighted by molar-refractivity contribution is -0.146. The summed E-state index contributed by atoms with van der Waals surface area (Å²) >= 11 is 11.9. The van der Waals surface area contributed by atoms with Gasteiger partial charge in [0.15, 0.2) is 0 Å². The molecule has 1 fully saturated rings. The van der Waals surface area contributed by atoms with Gasteiger partial charge < -0.3 is 10.2 Å². The molecule has 0 spiro atoms. The maximum absolute atomic E-state index is 12.0. The summed E-state index contributed by atoms with van der Waals surface area (Å²) in [4.78, 5) is 25.5. The summed E-state index contributed by atoms with van der Waals surface area (Å²) in [5.74, 6) is -0.166. The molecule has 108 valence electrons. The maximum Gasteiger partial charge on any atom is 0.243 e. The molecule has 0 aromatic heterocycles. The third kappa shape index (κ3) is 3.25. The third-order valence-corrected chi connectivity index (χ3v) is 4.05. The zero-order valence-corrected chi connectivity index (χ0v) is 12.7. The Balaban J connectivity index is 2.20. The van der Waals surface area contributed by atoms with Crippen LogP contribution in [0.25, 0.3) is 0 Å².